The molecule has 0 aliphatic carbocycles. The third kappa shape index (κ3) is 6.59. The second kappa shape index (κ2) is 11.5. The second-order valence-corrected chi connectivity index (χ2v) is 8.56. The third-order valence-electron chi connectivity index (χ3n) is 5.46. The zero-order chi connectivity index (χ0) is 26.5. The number of unbranched alkanes of at least 4 members (excludes halogenated alkanes) is 3. The van der Waals surface area contributed by atoms with Gasteiger partial charge in [0.15, 0.2) is 0 Å². The summed E-state index contributed by atoms with van der Waals surface area (Å²) in [5.74, 6) is -2.45. The van der Waals surface area contributed by atoms with Gasteiger partial charge in [0, 0.05) is 6.07 Å². The Labute approximate surface area is 207 Å². The summed E-state index contributed by atoms with van der Waals surface area (Å²) in [4.78, 5) is 25.3. The molecule has 0 spiro atoms. The van der Waals surface area contributed by atoms with Gasteiger partial charge in [-0.2, -0.15) is 13.2 Å². The number of alkyl halides is 3. The fourth-order valence-corrected chi connectivity index (χ4v) is 3.91. The molecular formula is C27H29F3O6. The number of hydrogen-bond acceptors (Lipinski definition) is 6. The molecule has 0 unspecified atom stereocenters. The average molecular weight is 507 g/mol. The van der Waals surface area contributed by atoms with Crippen molar-refractivity contribution in [2.75, 3.05) is 6.61 Å². The van der Waals surface area contributed by atoms with Crippen molar-refractivity contribution < 1.29 is 36.6 Å². The number of carbonyl (C=O) groups is 1. The Morgan fingerprint density at radius 3 is 2.28 bits per heavy atom. The van der Waals surface area contributed by atoms with Gasteiger partial charge >= 0.3 is 12.3 Å². The van der Waals surface area contributed by atoms with E-state index in [1.807, 2.05) is 6.07 Å². The van der Waals surface area contributed by atoms with Crippen molar-refractivity contribution in [3.63, 3.8) is 0 Å². The van der Waals surface area contributed by atoms with Crippen LogP contribution < -0.4 is 14.9 Å². The molecule has 3 aromatic rings. The van der Waals surface area contributed by atoms with Gasteiger partial charge in [-0.3, -0.25) is 4.79 Å². The van der Waals surface area contributed by atoms with Crippen molar-refractivity contribution in [2.24, 2.45) is 0 Å². The average Bonchev–Trinajstić information content (AvgIpc) is 2.77. The molecule has 0 saturated heterocycles. The summed E-state index contributed by atoms with van der Waals surface area (Å²) in [5.41, 5.74) is 0.658. The maximum Gasteiger partial charge on any atom is 0.513 e. The van der Waals surface area contributed by atoms with Crippen molar-refractivity contribution >= 4 is 17.1 Å². The highest BCUT2D eigenvalue weighted by Crippen LogP contribution is 2.39. The number of fused-ring (bicyclic) bond motifs is 1. The van der Waals surface area contributed by atoms with Gasteiger partial charge < -0.3 is 18.6 Å². The van der Waals surface area contributed by atoms with E-state index in [4.69, 9.17) is 18.6 Å². The van der Waals surface area contributed by atoms with Crippen LogP contribution in [0.2, 0.25) is 0 Å². The zero-order valence-corrected chi connectivity index (χ0v) is 20.7. The van der Waals surface area contributed by atoms with Crippen LogP contribution in [0.3, 0.4) is 0 Å². The van der Waals surface area contributed by atoms with Crippen LogP contribution in [-0.2, 0) is 17.3 Å². The molecule has 1 heterocycles. The minimum absolute atomic E-state index is 0.0169. The van der Waals surface area contributed by atoms with E-state index < -0.39 is 29.3 Å². The summed E-state index contributed by atoms with van der Waals surface area (Å²) in [6.45, 7) is 7.25. The molecule has 1 aromatic heterocycles. The van der Waals surface area contributed by atoms with Crippen LogP contribution in [0.1, 0.15) is 62.0 Å². The molecule has 0 N–H and O–H groups in total. The molecule has 0 bridgehead atoms. The Kier molecular flexibility index (Phi) is 8.66. The lowest BCUT2D eigenvalue weighted by Gasteiger charge is -2.16. The van der Waals surface area contributed by atoms with E-state index in [0.717, 1.165) is 42.9 Å². The summed E-state index contributed by atoms with van der Waals surface area (Å²) >= 11 is 0. The molecule has 0 aliphatic rings. The zero-order valence-electron chi connectivity index (χ0n) is 20.7. The van der Waals surface area contributed by atoms with Crippen LogP contribution in [0.15, 0.2) is 39.5 Å². The lowest BCUT2D eigenvalue weighted by molar-refractivity contribution is -0.154. The van der Waals surface area contributed by atoms with Crippen molar-refractivity contribution in [3.05, 3.63) is 63.0 Å². The van der Waals surface area contributed by atoms with Crippen molar-refractivity contribution in [1.82, 2.24) is 0 Å². The van der Waals surface area contributed by atoms with Crippen LogP contribution in [0, 0.1) is 13.8 Å². The largest absolute Gasteiger partial charge is 0.513 e. The number of ether oxygens (including phenoxy) is 3. The lowest BCUT2D eigenvalue weighted by Crippen LogP contribution is -2.16. The molecule has 0 saturated carbocycles. The fraction of sp³-hybridized carbons (Fsp3) is 0.407. The third-order valence-corrected chi connectivity index (χ3v) is 5.46. The Balaban J connectivity index is 2.17. The highest BCUT2D eigenvalue weighted by molar-refractivity contribution is 5.82. The molecule has 194 valence electrons. The summed E-state index contributed by atoms with van der Waals surface area (Å²) in [5, 5.41) is -0.107. The minimum atomic E-state index is -5.01. The molecule has 0 amide bonds. The molecule has 36 heavy (non-hydrogen) atoms. The Morgan fingerprint density at radius 2 is 1.67 bits per heavy atom. The van der Waals surface area contributed by atoms with Gasteiger partial charge in [-0.1, -0.05) is 32.3 Å². The predicted molar refractivity (Wildman–Crippen MR) is 129 cm³/mol. The van der Waals surface area contributed by atoms with E-state index in [1.165, 1.54) is 18.2 Å². The summed E-state index contributed by atoms with van der Waals surface area (Å²) in [7, 11) is 0. The highest BCUT2D eigenvalue weighted by atomic mass is 19.4. The number of halogens is 3. The van der Waals surface area contributed by atoms with Crippen LogP contribution >= 0.6 is 0 Å². The van der Waals surface area contributed by atoms with E-state index in [1.54, 1.807) is 20.8 Å². The standard InChI is InChI=1S/C27H29F3O6/c1-5-7-8-9-10-18-14-20-22(15-21(18)36-26(32)33-6-2)35-25(27(28,29)30)24(23(20)31)34-19-12-16(3)11-17(4)13-19/h11-15H,5-10H2,1-4H3. The van der Waals surface area contributed by atoms with E-state index in [9.17, 15) is 22.8 Å². The van der Waals surface area contributed by atoms with Crippen molar-refractivity contribution in [2.45, 2.75) is 66.0 Å². The monoisotopic (exact) mass is 506 g/mol. The van der Waals surface area contributed by atoms with E-state index in [2.05, 4.69) is 6.92 Å². The lowest BCUT2D eigenvalue weighted by atomic mass is 10.0. The number of benzene rings is 2. The molecule has 0 fully saturated rings. The molecule has 9 heteroatoms. The Hall–Kier alpha value is -3.49. The molecule has 2 aromatic carbocycles. The molecule has 3 rings (SSSR count). The molecule has 0 radical (unpaired) electrons. The number of rotatable bonds is 9. The summed E-state index contributed by atoms with van der Waals surface area (Å²) in [6, 6.07) is 7.42. The molecular weight excluding hydrogens is 477 g/mol. The summed E-state index contributed by atoms with van der Waals surface area (Å²) in [6.07, 6.45) is -1.94. The maximum absolute atomic E-state index is 13.9. The van der Waals surface area contributed by atoms with E-state index in [0.29, 0.717) is 12.0 Å². The number of hydrogen-bond donors (Lipinski definition) is 0. The number of aryl methyl sites for hydroxylation is 3. The van der Waals surface area contributed by atoms with Gasteiger partial charge in [0.05, 0.1) is 12.0 Å². The quantitative estimate of drug-likeness (QED) is 0.167. The van der Waals surface area contributed by atoms with Gasteiger partial charge in [0.2, 0.25) is 11.2 Å². The van der Waals surface area contributed by atoms with E-state index in [-0.39, 0.29) is 29.1 Å². The predicted octanol–water partition coefficient (Wildman–Crippen LogP) is 7.88. The van der Waals surface area contributed by atoms with Gasteiger partial charge in [-0.05, 0) is 68.5 Å². The Bertz CT molecular complexity index is 1270. The molecule has 6 nitrogen and oxygen atoms in total. The topological polar surface area (TPSA) is 75.0 Å². The molecule has 0 atom stereocenters. The first-order chi connectivity index (χ1) is 17.0. The van der Waals surface area contributed by atoms with Gasteiger partial charge in [-0.25, -0.2) is 4.79 Å². The first-order valence-electron chi connectivity index (χ1n) is 11.8. The Morgan fingerprint density at radius 1 is 0.972 bits per heavy atom. The summed E-state index contributed by atoms with van der Waals surface area (Å²) < 4.78 is 62.5. The number of carbonyl (C=O) groups excluding carboxylic acids is 1. The van der Waals surface area contributed by atoms with Crippen LogP contribution in [0.4, 0.5) is 18.0 Å². The maximum atomic E-state index is 13.9. The van der Waals surface area contributed by atoms with Gasteiger partial charge in [0.25, 0.3) is 5.76 Å². The van der Waals surface area contributed by atoms with Crippen molar-refractivity contribution in [1.29, 1.82) is 0 Å². The normalized spacial score (nSPS) is 11.5. The first-order valence-corrected chi connectivity index (χ1v) is 11.8. The smallest absolute Gasteiger partial charge is 0.449 e. The highest BCUT2D eigenvalue weighted by Gasteiger charge is 2.40. The van der Waals surface area contributed by atoms with E-state index >= 15 is 0 Å². The minimum Gasteiger partial charge on any atom is -0.449 e. The first kappa shape index (κ1) is 27.1. The van der Waals surface area contributed by atoms with Crippen LogP contribution in [0.5, 0.6) is 17.2 Å². The van der Waals surface area contributed by atoms with Crippen LogP contribution in [-0.4, -0.2) is 12.8 Å². The van der Waals surface area contributed by atoms with Crippen LogP contribution in [0.25, 0.3) is 11.0 Å². The van der Waals surface area contributed by atoms with Crippen molar-refractivity contribution in [3.8, 4) is 17.2 Å². The second-order valence-electron chi connectivity index (χ2n) is 8.56. The SMILES string of the molecule is CCCCCCc1cc2c(=O)c(Oc3cc(C)cc(C)c3)c(C(F)(F)F)oc2cc1OC(=O)OCC. The van der Waals surface area contributed by atoms with Gasteiger partial charge in [-0.15, -0.1) is 0 Å². The van der Waals surface area contributed by atoms with Gasteiger partial charge in [0.1, 0.15) is 17.1 Å². The fourth-order valence-electron chi connectivity index (χ4n) is 3.91. The molecule has 0 aliphatic heterocycles.